The number of benzene rings is 1. The maximum atomic E-state index is 13.5. The average Bonchev–Trinajstić information content (AvgIpc) is 3.20. The van der Waals surface area contributed by atoms with Crippen molar-refractivity contribution in [1.29, 1.82) is 0 Å². The number of nitrogens with zero attached hydrogens (tertiary/aromatic N) is 3. The summed E-state index contributed by atoms with van der Waals surface area (Å²) in [5.41, 5.74) is 4.32. The normalized spacial score (nSPS) is 23.9. The van der Waals surface area contributed by atoms with Crippen LogP contribution in [0.15, 0.2) is 42.3 Å². The summed E-state index contributed by atoms with van der Waals surface area (Å²) in [6.07, 6.45) is 3.55. The predicted molar refractivity (Wildman–Crippen MR) is 122 cm³/mol. The molecule has 2 aromatic rings. The van der Waals surface area contributed by atoms with E-state index in [-0.39, 0.29) is 18.3 Å². The molecule has 2 heterocycles. The molecule has 1 aliphatic heterocycles. The van der Waals surface area contributed by atoms with Crippen molar-refractivity contribution in [3.63, 3.8) is 0 Å². The van der Waals surface area contributed by atoms with E-state index in [2.05, 4.69) is 5.10 Å². The van der Waals surface area contributed by atoms with Crippen LogP contribution in [-0.2, 0) is 10.4 Å². The van der Waals surface area contributed by atoms with E-state index in [1.165, 1.54) is 18.7 Å². The second kappa shape index (κ2) is 8.74. The van der Waals surface area contributed by atoms with E-state index < -0.39 is 29.3 Å². The fourth-order valence-electron chi connectivity index (χ4n) is 4.74. The third-order valence-electron chi connectivity index (χ3n) is 6.68. The van der Waals surface area contributed by atoms with E-state index in [9.17, 15) is 28.2 Å². The minimum absolute atomic E-state index is 0.150. The maximum absolute atomic E-state index is 13.5. The Morgan fingerprint density at radius 2 is 1.88 bits per heavy atom. The number of hydrogen-bond acceptors (Lipinski definition) is 5. The second-order valence-corrected chi connectivity index (χ2v) is 9.65. The molecule has 1 saturated carbocycles. The number of fused-ring (bicyclic) bond motifs is 1. The van der Waals surface area contributed by atoms with E-state index in [0.29, 0.717) is 22.4 Å². The molecule has 184 valence electrons. The number of alkyl halides is 3. The van der Waals surface area contributed by atoms with Crippen LogP contribution in [0.1, 0.15) is 51.1 Å². The Labute approximate surface area is 195 Å². The van der Waals surface area contributed by atoms with Gasteiger partial charge in [-0.25, -0.2) is 0 Å². The molecular weight excluding hydrogens is 449 g/mol. The highest BCUT2D eigenvalue weighted by molar-refractivity contribution is 5.91. The molecule has 1 aromatic heterocycles. The zero-order valence-corrected chi connectivity index (χ0v) is 19.1. The summed E-state index contributed by atoms with van der Waals surface area (Å²) in [6.45, 7) is 3.22. The van der Waals surface area contributed by atoms with Gasteiger partial charge in [-0.05, 0) is 63.7 Å². The highest BCUT2D eigenvalue weighted by atomic mass is 19.4. The number of anilines is 1. The van der Waals surface area contributed by atoms with Crippen LogP contribution in [0.5, 0.6) is 0 Å². The molecule has 0 bridgehead atoms. The summed E-state index contributed by atoms with van der Waals surface area (Å²) in [5.74, 6) is -0.519. The number of aliphatic hydroxyl groups is 2. The molecule has 0 radical (unpaired) electrons. The molecule has 1 unspecified atom stereocenters. The fraction of sp³-hybridized carbons (Fsp3) is 0.500. The Kier molecular flexibility index (Phi) is 6.24. The van der Waals surface area contributed by atoms with Gasteiger partial charge in [-0.1, -0.05) is 6.08 Å². The lowest BCUT2D eigenvalue weighted by molar-refractivity contribution is -0.118. The molecule has 0 saturated heterocycles. The quantitative estimate of drug-likeness (QED) is 0.608. The third-order valence-corrected chi connectivity index (χ3v) is 6.68. The van der Waals surface area contributed by atoms with Crippen LogP contribution in [0, 0.1) is 5.92 Å². The summed E-state index contributed by atoms with van der Waals surface area (Å²) in [7, 11) is 0. The average molecular weight is 479 g/mol. The lowest BCUT2D eigenvalue weighted by Crippen LogP contribution is -2.44. The van der Waals surface area contributed by atoms with Gasteiger partial charge in [0, 0.05) is 35.6 Å². The van der Waals surface area contributed by atoms with Crippen LogP contribution >= 0.6 is 0 Å². The lowest BCUT2D eigenvalue weighted by Gasteiger charge is -2.34. The van der Waals surface area contributed by atoms with Crippen LogP contribution in [0.2, 0.25) is 0 Å². The first-order chi connectivity index (χ1) is 15.9. The summed E-state index contributed by atoms with van der Waals surface area (Å²) in [5, 5.41) is 25.6. The van der Waals surface area contributed by atoms with Crippen molar-refractivity contribution in [3.8, 4) is 0 Å². The SMILES string of the molecule is CC(C)(O)c1cc2nn(C3CCC(CO)CC3)cc2cc1N1C=C(C(F)(F)F)C=CC1C(N)=O. The Morgan fingerprint density at radius 1 is 1.21 bits per heavy atom. The number of halogens is 3. The van der Waals surface area contributed by atoms with Gasteiger partial charge in [0.05, 0.1) is 22.7 Å². The summed E-state index contributed by atoms with van der Waals surface area (Å²) in [4.78, 5) is 13.3. The Bertz CT molecular complexity index is 1140. The monoisotopic (exact) mass is 478 g/mol. The number of allylic oxidation sites excluding steroid dienone is 2. The largest absolute Gasteiger partial charge is 0.417 e. The van der Waals surface area contributed by atoms with Crippen LogP contribution < -0.4 is 10.6 Å². The third kappa shape index (κ3) is 4.69. The number of rotatable bonds is 5. The molecule has 7 nitrogen and oxygen atoms in total. The molecule has 1 fully saturated rings. The van der Waals surface area contributed by atoms with E-state index >= 15 is 0 Å². The molecule has 1 aromatic carbocycles. The fourth-order valence-corrected chi connectivity index (χ4v) is 4.74. The van der Waals surface area contributed by atoms with Gasteiger partial charge in [0.15, 0.2) is 0 Å². The van der Waals surface area contributed by atoms with Crippen molar-refractivity contribution in [1.82, 2.24) is 9.78 Å². The smallest absolute Gasteiger partial charge is 0.396 e. The first-order valence-corrected chi connectivity index (χ1v) is 11.3. The Balaban J connectivity index is 1.81. The van der Waals surface area contributed by atoms with Gasteiger partial charge in [-0.3, -0.25) is 9.48 Å². The minimum Gasteiger partial charge on any atom is -0.396 e. The highest BCUT2D eigenvalue weighted by Gasteiger charge is 2.38. The van der Waals surface area contributed by atoms with Crippen molar-refractivity contribution < 1.29 is 28.2 Å². The molecule has 10 heteroatoms. The number of carbonyl (C=O) groups excluding carboxylic acids is 1. The first-order valence-electron chi connectivity index (χ1n) is 11.3. The lowest BCUT2D eigenvalue weighted by atomic mass is 9.87. The van der Waals surface area contributed by atoms with Crippen LogP contribution in [0.4, 0.5) is 18.9 Å². The van der Waals surface area contributed by atoms with Crippen molar-refractivity contribution in [2.24, 2.45) is 11.7 Å². The molecule has 0 spiro atoms. The number of nitrogens with two attached hydrogens (primary N) is 1. The molecule has 1 atom stereocenters. The van der Waals surface area contributed by atoms with Crippen molar-refractivity contribution in [3.05, 3.63) is 47.8 Å². The standard InChI is InChI=1S/C24H29F3N4O3/c1-23(2,34)18-10-19-15(11-31(29-19)17-6-3-14(13-32)4-7-17)9-21(18)30-12-16(24(25,26)27)5-8-20(30)22(28)33/h5,8-12,14,17,20,32,34H,3-4,6-7,13H2,1-2H3,(H2,28,33). The molecule has 4 N–H and O–H groups in total. The molecular formula is C24H29F3N4O3. The molecule has 1 aliphatic carbocycles. The van der Waals surface area contributed by atoms with Gasteiger partial charge in [-0.15, -0.1) is 0 Å². The molecule has 1 amide bonds. The Hall–Kier alpha value is -2.85. The van der Waals surface area contributed by atoms with E-state index in [1.807, 2.05) is 10.9 Å². The van der Waals surface area contributed by atoms with Gasteiger partial charge in [0.1, 0.15) is 6.04 Å². The van der Waals surface area contributed by atoms with E-state index in [4.69, 9.17) is 5.73 Å². The maximum Gasteiger partial charge on any atom is 0.417 e. The zero-order valence-electron chi connectivity index (χ0n) is 19.1. The van der Waals surface area contributed by atoms with Crippen molar-refractivity contribution >= 4 is 22.5 Å². The van der Waals surface area contributed by atoms with Gasteiger partial charge < -0.3 is 20.8 Å². The van der Waals surface area contributed by atoms with Gasteiger partial charge in [-0.2, -0.15) is 18.3 Å². The van der Waals surface area contributed by atoms with Crippen LogP contribution in [-0.4, -0.2) is 44.7 Å². The van der Waals surface area contributed by atoms with Gasteiger partial charge in [0.25, 0.3) is 0 Å². The number of hydrogen-bond donors (Lipinski definition) is 3. The number of aromatic nitrogens is 2. The Morgan fingerprint density at radius 3 is 2.44 bits per heavy atom. The van der Waals surface area contributed by atoms with Gasteiger partial charge >= 0.3 is 6.18 Å². The van der Waals surface area contributed by atoms with Gasteiger partial charge in [0.2, 0.25) is 5.91 Å². The van der Waals surface area contributed by atoms with Crippen molar-refractivity contribution in [2.45, 2.75) is 63.4 Å². The van der Waals surface area contributed by atoms with E-state index in [1.54, 1.807) is 12.1 Å². The number of carbonyl (C=O) groups is 1. The van der Waals surface area contributed by atoms with Crippen molar-refractivity contribution in [2.75, 3.05) is 11.5 Å². The second-order valence-electron chi connectivity index (χ2n) is 9.65. The first kappa shape index (κ1) is 24.3. The number of primary amides is 1. The summed E-state index contributed by atoms with van der Waals surface area (Å²) >= 11 is 0. The molecule has 4 rings (SSSR count). The summed E-state index contributed by atoms with van der Waals surface area (Å²) in [6, 6.07) is 2.30. The number of amides is 1. The minimum atomic E-state index is -4.62. The van der Waals surface area contributed by atoms with Crippen LogP contribution in [0.3, 0.4) is 0 Å². The summed E-state index contributed by atoms with van der Waals surface area (Å²) < 4.78 is 42.3. The highest BCUT2D eigenvalue weighted by Crippen LogP contribution is 2.40. The predicted octanol–water partition coefficient (Wildman–Crippen LogP) is 3.66. The zero-order chi connectivity index (χ0) is 24.8. The number of aliphatic hydroxyl groups excluding tert-OH is 1. The van der Waals surface area contributed by atoms with Crippen LogP contribution in [0.25, 0.3) is 10.9 Å². The topological polar surface area (TPSA) is 105 Å². The molecule has 34 heavy (non-hydrogen) atoms. The van der Waals surface area contributed by atoms with E-state index in [0.717, 1.165) is 44.0 Å². The molecule has 2 aliphatic rings.